The molecule has 128 valence electrons. The normalized spacial score (nSPS) is 10.7. The van der Waals surface area contributed by atoms with Gasteiger partial charge in [-0.15, -0.1) is 0 Å². The second-order valence-corrected chi connectivity index (χ2v) is 6.45. The molecule has 1 N–H and O–H groups in total. The van der Waals surface area contributed by atoms with Crippen LogP contribution >= 0.6 is 0 Å². The minimum Gasteiger partial charge on any atom is -0.377 e. The summed E-state index contributed by atoms with van der Waals surface area (Å²) in [6.45, 7) is 0. The summed E-state index contributed by atoms with van der Waals surface area (Å²) in [4.78, 5) is 10.7. The van der Waals surface area contributed by atoms with E-state index in [-0.39, 0.29) is 0 Å². The molecule has 0 spiro atoms. The predicted molar refractivity (Wildman–Crippen MR) is 109 cm³/mol. The van der Waals surface area contributed by atoms with Crippen molar-refractivity contribution in [1.29, 1.82) is 0 Å². The van der Waals surface area contributed by atoms with Crippen molar-refractivity contribution in [1.82, 2.24) is 9.97 Å². The van der Waals surface area contributed by atoms with Crippen LogP contribution in [0.5, 0.6) is 0 Å². The van der Waals surface area contributed by atoms with Crippen molar-refractivity contribution < 1.29 is 0 Å². The molecule has 0 atom stereocenters. The van der Waals surface area contributed by atoms with Gasteiger partial charge >= 0.3 is 0 Å². The molecule has 4 aromatic rings. The van der Waals surface area contributed by atoms with Crippen molar-refractivity contribution in [3.8, 4) is 33.9 Å². The number of aromatic nitrogens is 2. The maximum Gasteiger partial charge on any atom is 0.140 e. The summed E-state index contributed by atoms with van der Waals surface area (Å²) in [5, 5.41) is 0. The summed E-state index contributed by atoms with van der Waals surface area (Å²) in [5.41, 5.74) is 6.49. The minimum absolute atomic E-state index is 0.881. The standard InChI is InChI=1S/C23H21N3/c1-26(2)20-16-10-9-15-19(20)23-24-21(17-11-5-3-6-12-17)22(25-23)18-13-7-4-8-14-18/h3-16H,1-2H3,(H,24,25). The molecule has 3 heteroatoms. The Morgan fingerprint density at radius 3 is 1.92 bits per heavy atom. The Bertz CT molecular complexity index is 945. The van der Waals surface area contributed by atoms with Crippen molar-refractivity contribution in [3.05, 3.63) is 84.9 Å². The number of nitrogens with zero attached hydrogens (tertiary/aromatic N) is 2. The first-order valence-corrected chi connectivity index (χ1v) is 8.71. The maximum atomic E-state index is 4.99. The molecule has 0 amide bonds. The average Bonchev–Trinajstić information content (AvgIpc) is 3.15. The minimum atomic E-state index is 0.881. The number of aromatic amines is 1. The van der Waals surface area contributed by atoms with Crippen LogP contribution in [-0.2, 0) is 0 Å². The summed E-state index contributed by atoms with van der Waals surface area (Å²) in [6.07, 6.45) is 0. The van der Waals surface area contributed by atoms with Crippen LogP contribution in [0.2, 0.25) is 0 Å². The van der Waals surface area contributed by atoms with E-state index in [0.29, 0.717) is 0 Å². The molecule has 3 aromatic carbocycles. The second-order valence-electron chi connectivity index (χ2n) is 6.45. The molecule has 0 saturated heterocycles. The number of rotatable bonds is 4. The van der Waals surface area contributed by atoms with Crippen LogP contribution < -0.4 is 4.90 Å². The number of hydrogen-bond acceptors (Lipinski definition) is 2. The Labute approximate surface area is 154 Å². The average molecular weight is 339 g/mol. The lowest BCUT2D eigenvalue weighted by atomic mass is 10.1. The van der Waals surface area contributed by atoms with Crippen molar-refractivity contribution in [2.75, 3.05) is 19.0 Å². The van der Waals surface area contributed by atoms with Crippen LogP contribution in [0.25, 0.3) is 33.9 Å². The van der Waals surface area contributed by atoms with E-state index in [2.05, 4.69) is 84.6 Å². The van der Waals surface area contributed by atoms with Crippen LogP contribution in [0.15, 0.2) is 84.9 Å². The van der Waals surface area contributed by atoms with Crippen LogP contribution in [0.3, 0.4) is 0 Å². The topological polar surface area (TPSA) is 31.9 Å². The Hall–Kier alpha value is -3.33. The van der Waals surface area contributed by atoms with E-state index in [1.54, 1.807) is 0 Å². The highest BCUT2D eigenvalue weighted by atomic mass is 15.1. The van der Waals surface area contributed by atoms with Gasteiger partial charge in [0.05, 0.1) is 11.4 Å². The molecule has 4 rings (SSSR count). The summed E-state index contributed by atoms with van der Waals surface area (Å²) >= 11 is 0. The largest absolute Gasteiger partial charge is 0.377 e. The third kappa shape index (κ3) is 3.00. The summed E-state index contributed by atoms with van der Waals surface area (Å²) in [5.74, 6) is 0.881. The Balaban J connectivity index is 1.93. The summed E-state index contributed by atoms with van der Waals surface area (Å²) in [6, 6.07) is 29.0. The van der Waals surface area contributed by atoms with Crippen LogP contribution in [0, 0.1) is 0 Å². The van der Waals surface area contributed by atoms with E-state index in [1.807, 2.05) is 24.3 Å². The number of anilines is 1. The van der Waals surface area contributed by atoms with Gasteiger partial charge in [-0.2, -0.15) is 0 Å². The molecule has 0 unspecified atom stereocenters. The smallest absolute Gasteiger partial charge is 0.140 e. The van der Waals surface area contributed by atoms with E-state index < -0.39 is 0 Å². The number of imidazole rings is 1. The molecular weight excluding hydrogens is 318 g/mol. The lowest BCUT2D eigenvalue weighted by Gasteiger charge is -2.15. The molecule has 1 aromatic heterocycles. The molecule has 1 heterocycles. The Morgan fingerprint density at radius 1 is 0.692 bits per heavy atom. The second kappa shape index (κ2) is 6.89. The van der Waals surface area contributed by atoms with Gasteiger partial charge in [0.25, 0.3) is 0 Å². The Morgan fingerprint density at radius 2 is 1.27 bits per heavy atom. The number of hydrogen-bond donors (Lipinski definition) is 1. The fourth-order valence-electron chi connectivity index (χ4n) is 3.18. The third-order valence-corrected chi connectivity index (χ3v) is 4.45. The molecule has 0 aliphatic heterocycles. The first-order chi connectivity index (χ1) is 12.7. The first kappa shape index (κ1) is 16.2. The summed E-state index contributed by atoms with van der Waals surface area (Å²) < 4.78 is 0. The van der Waals surface area contributed by atoms with Gasteiger partial charge in [0.1, 0.15) is 5.82 Å². The van der Waals surface area contributed by atoms with Crippen molar-refractivity contribution in [3.63, 3.8) is 0 Å². The Kier molecular flexibility index (Phi) is 4.28. The number of para-hydroxylation sites is 1. The molecule has 26 heavy (non-hydrogen) atoms. The highest BCUT2D eigenvalue weighted by Crippen LogP contribution is 2.35. The molecule has 0 aliphatic carbocycles. The van der Waals surface area contributed by atoms with Crippen molar-refractivity contribution in [2.45, 2.75) is 0 Å². The number of H-pyrrole nitrogens is 1. The molecule has 0 saturated carbocycles. The van der Waals surface area contributed by atoms with Gasteiger partial charge in [-0.05, 0) is 12.1 Å². The fraction of sp³-hybridized carbons (Fsp3) is 0.0870. The van der Waals surface area contributed by atoms with E-state index in [4.69, 9.17) is 4.98 Å². The highest BCUT2D eigenvalue weighted by molar-refractivity contribution is 5.83. The monoisotopic (exact) mass is 339 g/mol. The molecule has 0 bridgehead atoms. The zero-order valence-corrected chi connectivity index (χ0v) is 15.0. The molecule has 0 radical (unpaired) electrons. The van der Waals surface area contributed by atoms with Crippen molar-refractivity contribution in [2.24, 2.45) is 0 Å². The van der Waals surface area contributed by atoms with E-state index in [0.717, 1.165) is 39.6 Å². The quantitative estimate of drug-likeness (QED) is 0.534. The molecule has 3 nitrogen and oxygen atoms in total. The van der Waals surface area contributed by atoms with Crippen LogP contribution in [-0.4, -0.2) is 24.1 Å². The summed E-state index contributed by atoms with van der Waals surface area (Å²) in [7, 11) is 4.11. The van der Waals surface area contributed by atoms with Crippen LogP contribution in [0.4, 0.5) is 5.69 Å². The first-order valence-electron chi connectivity index (χ1n) is 8.71. The van der Waals surface area contributed by atoms with E-state index in [1.165, 1.54) is 0 Å². The fourth-order valence-corrected chi connectivity index (χ4v) is 3.18. The maximum absolute atomic E-state index is 4.99. The number of benzene rings is 3. The van der Waals surface area contributed by atoms with E-state index >= 15 is 0 Å². The predicted octanol–water partition coefficient (Wildman–Crippen LogP) is 5.48. The van der Waals surface area contributed by atoms with E-state index in [9.17, 15) is 0 Å². The molecule has 0 fully saturated rings. The third-order valence-electron chi connectivity index (χ3n) is 4.45. The lowest BCUT2D eigenvalue weighted by molar-refractivity contribution is 1.13. The lowest BCUT2D eigenvalue weighted by Crippen LogP contribution is -2.10. The van der Waals surface area contributed by atoms with Gasteiger partial charge in [0.2, 0.25) is 0 Å². The van der Waals surface area contributed by atoms with Gasteiger partial charge in [0, 0.05) is 36.5 Å². The number of nitrogens with one attached hydrogen (secondary N) is 1. The van der Waals surface area contributed by atoms with Gasteiger partial charge < -0.3 is 9.88 Å². The highest BCUT2D eigenvalue weighted by Gasteiger charge is 2.17. The van der Waals surface area contributed by atoms with Gasteiger partial charge in [0.15, 0.2) is 0 Å². The molecular formula is C23H21N3. The zero-order valence-electron chi connectivity index (χ0n) is 15.0. The zero-order chi connectivity index (χ0) is 17.9. The molecule has 0 aliphatic rings. The SMILES string of the molecule is CN(C)c1ccccc1-c1nc(-c2ccccc2)c(-c2ccccc2)[nH]1. The van der Waals surface area contributed by atoms with Gasteiger partial charge in [-0.1, -0.05) is 72.8 Å². The van der Waals surface area contributed by atoms with Gasteiger partial charge in [-0.25, -0.2) is 4.98 Å². The van der Waals surface area contributed by atoms with Crippen molar-refractivity contribution >= 4 is 5.69 Å². The van der Waals surface area contributed by atoms with Crippen LogP contribution in [0.1, 0.15) is 0 Å². The van der Waals surface area contributed by atoms with Gasteiger partial charge in [-0.3, -0.25) is 0 Å².